The lowest BCUT2D eigenvalue weighted by Gasteiger charge is -2.24. The van der Waals surface area contributed by atoms with Gasteiger partial charge in [0.05, 0.1) is 23.4 Å². The number of ether oxygens (including phenoxy) is 1. The number of carbonyl (C=O) groups is 1. The molecular weight excluding hydrogens is 240 g/mol. The molecule has 17 heavy (non-hydrogen) atoms. The number of rotatable bonds is 4. The maximum Gasteiger partial charge on any atom is 0.340 e. The van der Waals surface area contributed by atoms with E-state index < -0.39 is 5.97 Å². The molecule has 0 aliphatic carbocycles. The molecule has 2 N–H and O–H groups in total. The summed E-state index contributed by atoms with van der Waals surface area (Å²) in [6.45, 7) is 5.50. The number of methoxy groups -OCH3 is 1. The monoisotopic (exact) mass is 256 g/mol. The van der Waals surface area contributed by atoms with Crippen molar-refractivity contribution in [3.63, 3.8) is 0 Å². The first kappa shape index (κ1) is 13.6. The highest BCUT2D eigenvalue weighted by atomic mass is 35.5. The van der Waals surface area contributed by atoms with E-state index in [1.165, 1.54) is 7.11 Å². The highest BCUT2D eigenvalue weighted by Crippen LogP contribution is 2.32. The SMILES string of the molecule is CCN(CC)c1c(Cl)cc(N)cc1C(=O)OC. The summed E-state index contributed by atoms with van der Waals surface area (Å²) in [4.78, 5) is 13.7. The molecule has 0 aliphatic rings. The van der Waals surface area contributed by atoms with Crippen molar-refractivity contribution in [2.75, 3.05) is 30.8 Å². The molecule has 0 atom stereocenters. The number of nitrogens with two attached hydrogens (primary N) is 1. The van der Waals surface area contributed by atoms with Crippen LogP contribution in [0.5, 0.6) is 0 Å². The van der Waals surface area contributed by atoms with Crippen LogP contribution in [0.3, 0.4) is 0 Å². The zero-order valence-corrected chi connectivity index (χ0v) is 11.0. The zero-order valence-electron chi connectivity index (χ0n) is 10.3. The molecule has 0 aromatic heterocycles. The summed E-state index contributed by atoms with van der Waals surface area (Å²) in [7, 11) is 1.34. The first-order valence-electron chi connectivity index (χ1n) is 5.47. The van der Waals surface area contributed by atoms with Crippen molar-refractivity contribution >= 4 is 28.9 Å². The molecule has 0 fully saturated rings. The quantitative estimate of drug-likeness (QED) is 0.665. The zero-order chi connectivity index (χ0) is 13.0. The van der Waals surface area contributed by atoms with Crippen LogP contribution >= 0.6 is 11.6 Å². The van der Waals surface area contributed by atoms with Gasteiger partial charge in [-0.15, -0.1) is 0 Å². The smallest absolute Gasteiger partial charge is 0.340 e. The van der Waals surface area contributed by atoms with E-state index in [2.05, 4.69) is 0 Å². The molecule has 0 saturated carbocycles. The van der Waals surface area contributed by atoms with Gasteiger partial charge in [-0.25, -0.2) is 4.79 Å². The van der Waals surface area contributed by atoms with E-state index >= 15 is 0 Å². The molecule has 4 nitrogen and oxygen atoms in total. The average molecular weight is 257 g/mol. The summed E-state index contributed by atoms with van der Waals surface area (Å²) < 4.78 is 4.75. The predicted molar refractivity (Wildman–Crippen MR) is 70.8 cm³/mol. The summed E-state index contributed by atoms with van der Waals surface area (Å²) in [6, 6.07) is 3.23. The topological polar surface area (TPSA) is 55.6 Å². The van der Waals surface area contributed by atoms with E-state index in [1.807, 2.05) is 18.7 Å². The molecule has 1 rings (SSSR count). The Labute approximate surface area is 106 Å². The van der Waals surface area contributed by atoms with Crippen LogP contribution in [0.25, 0.3) is 0 Å². The Morgan fingerprint density at radius 3 is 2.47 bits per heavy atom. The van der Waals surface area contributed by atoms with Gasteiger partial charge in [0.2, 0.25) is 0 Å². The Hall–Kier alpha value is -1.42. The van der Waals surface area contributed by atoms with Gasteiger partial charge in [-0.1, -0.05) is 11.6 Å². The van der Waals surface area contributed by atoms with Gasteiger partial charge in [0.25, 0.3) is 0 Å². The van der Waals surface area contributed by atoms with Crippen LogP contribution in [0, 0.1) is 0 Å². The summed E-state index contributed by atoms with van der Waals surface area (Å²) >= 11 is 6.16. The molecule has 0 bridgehead atoms. The standard InChI is InChI=1S/C12H17ClN2O2/c1-4-15(5-2)11-9(12(16)17-3)6-8(14)7-10(11)13/h6-7H,4-5,14H2,1-3H3. The minimum Gasteiger partial charge on any atom is -0.465 e. The van der Waals surface area contributed by atoms with Gasteiger partial charge in [0.1, 0.15) is 0 Å². The van der Waals surface area contributed by atoms with Crippen LogP contribution in [-0.2, 0) is 4.74 Å². The van der Waals surface area contributed by atoms with Gasteiger partial charge in [0.15, 0.2) is 0 Å². The molecule has 5 heteroatoms. The van der Waals surface area contributed by atoms with Gasteiger partial charge in [0, 0.05) is 18.8 Å². The molecule has 0 radical (unpaired) electrons. The van der Waals surface area contributed by atoms with Gasteiger partial charge < -0.3 is 15.4 Å². The van der Waals surface area contributed by atoms with E-state index in [0.29, 0.717) is 22.0 Å². The van der Waals surface area contributed by atoms with Crippen LogP contribution in [0.4, 0.5) is 11.4 Å². The lowest BCUT2D eigenvalue weighted by atomic mass is 10.1. The molecule has 0 heterocycles. The van der Waals surface area contributed by atoms with Crippen LogP contribution < -0.4 is 10.6 Å². The number of benzene rings is 1. The third-order valence-corrected chi connectivity index (χ3v) is 2.86. The number of hydrogen-bond donors (Lipinski definition) is 1. The van der Waals surface area contributed by atoms with Crippen molar-refractivity contribution < 1.29 is 9.53 Å². The fourth-order valence-electron chi connectivity index (χ4n) is 1.75. The molecule has 0 amide bonds. The molecule has 0 unspecified atom stereocenters. The summed E-state index contributed by atoms with van der Waals surface area (Å²) in [5.74, 6) is -0.430. The molecule has 1 aromatic rings. The number of carbonyl (C=O) groups excluding carboxylic acids is 1. The third kappa shape index (κ3) is 2.82. The van der Waals surface area contributed by atoms with Gasteiger partial charge in [-0.3, -0.25) is 0 Å². The molecule has 0 saturated heterocycles. The van der Waals surface area contributed by atoms with Crippen molar-refractivity contribution in [3.05, 3.63) is 22.7 Å². The Morgan fingerprint density at radius 2 is 2.00 bits per heavy atom. The molecular formula is C12H17ClN2O2. The highest BCUT2D eigenvalue weighted by molar-refractivity contribution is 6.34. The Bertz CT molecular complexity index is 417. The fourth-order valence-corrected chi connectivity index (χ4v) is 2.09. The predicted octanol–water partition coefficient (Wildman–Crippen LogP) is 2.56. The van der Waals surface area contributed by atoms with E-state index in [-0.39, 0.29) is 0 Å². The number of esters is 1. The van der Waals surface area contributed by atoms with Crippen LogP contribution in [-0.4, -0.2) is 26.2 Å². The summed E-state index contributed by atoms with van der Waals surface area (Å²) in [5.41, 5.74) is 7.23. The molecule has 0 spiro atoms. The van der Waals surface area contributed by atoms with E-state index in [1.54, 1.807) is 12.1 Å². The molecule has 0 aliphatic heterocycles. The van der Waals surface area contributed by atoms with Gasteiger partial charge in [-0.2, -0.15) is 0 Å². The van der Waals surface area contributed by atoms with E-state index in [0.717, 1.165) is 13.1 Å². The lowest BCUT2D eigenvalue weighted by Crippen LogP contribution is -2.25. The summed E-state index contributed by atoms with van der Waals surface area (Å²) in [6.07, 6.45) is 0. The van der Waals surface area contributed by atoms with Gasteiger partial charge >= 0.3 is 5.97 Å². The highest BCUT2D eigenvalue weighted by Gasteiger charge is 2.19. The van der Waals surface area contributed by atoms with Crippen molar-refractivity contribution in [1.82, 2.24) is 0 Å². The third-order valence-electron chi connectivity index (χ3n) is 2.57. The Balaban J connectivity index is 3.39. The fraction of sp³-hybridized carbons (Fsp3) is 0.417. The average Bonchev–Trinajstić information content (AvgIpc) is 2.31. The lowest BCUT2D eigenvalue weighted by molar-refractivity contribution is 0.0601. The molecule has 1 aromatic carbocycles. The largest absolute Gasteiger partial charge is 0.465 e. The summed E-state index contributed by atoms with van der Waals surface area (Å²) in [5, 5.41) is 0.467. The minimum atomic E-state index is -0.430. The van der Waals surface area contributed by atoms with E-state index in [9.17, 15) is 4.79 Å². The number of anilines is 2. The normalized spacial score (nSPS) is 10.1. The maximum atomic E-state index is 11.7. The first-order chi connectivity index (χ1) is 8.04. The second kappa shape index (κ2) is 5.77. The number of nitrogens with zero attached hydrogens (tertiary/aromatic N) is 1. The van der Waals surface area contributed by atoms with E-state index in [4.69, 9.17) is 22.1 Å². The van der Waals surface area contributed by atoms with Crippen LogP contribution in [0.15, 0.2) is 12.1 Å². The number of hydrogen-bond acceptors (Lipinski definition) is 4. The van der Waals surface area contributed by atoms with Crippen molar-refractivity contribution in [3.8, 4) is 0 Å². The second-order valence-electron chi connectivity index (χ2n) is 3.56. The van der Waals surface area contributed by atoms with Crippen molar-refractivity contribution in [2.45, 2.75) is 13.8 Å². The first-order valence-corrected chi connectivity index (χ1v) is 5.85. The molecule has 94 valence electrons. The van der Waals surface area contributed by atoms with Crippen molar-refractivity contribution in [2.24, 2.45) is 0 Å². The maximum absolute atomic E-state index is 11.7. The van der Waals surface area contributed by atoms with Crippen LogP contribution in [0.1, 0.15) is 24.2 Å². The Kier molecular flexibility index (Phi) is 4.63. The van der Waals surface area contributed by atoms with Gasteiger partial charge in [-0.05, 0) is 26.0 Å². The Morgan fingerprint density at radius 1 is 1.41 bits per heavy atom. The minimum absolute atomic E-state index is 0.404. The number of nitrogen functional groups attached to an aromatic ring is 1. The van der Waals surface area contributed by atoms with Crippen molar-refractivity contribution in [1.29, 1.82) is 0 Å². The van der Waals surface area contributed by atoms with Crippen LogP contribution in [0.2, 0.25) is 5.02 Å². The second-order valence-corrected chi connectivity index (χ2v) is 3.97. The number of halogens is 1.